The SMILES string of the molecule is O=C(O)c1ccc(N2C(=O)[C@H]3[C@H](CC=C4[C@H]3C[C@H]3C(=O)N(Nc5ncc(C(F)(F)F)cc5Cl)C(=O)[C@@]3(c3ccc(Cl)cc3)[C@H]4c3cccc(F)c3O)C2=O)cc1O. The molecule has 57 heavy (non-hydrogen) atoms. The number of imide groups is 2. The topological polar surface area (TPSA) is 177 Å². The van der Waals surface area contributed by atoms with Crippen LogP contribution < -0.4 is 10.3 Å². The predicted molar refractivity (Wildman–Crippen MR) is 192 cm³/mol. The van der Waals surface area contributed by atoms with E-state index in [4.69, 9.17) is 23.2 Å². The van der Waals surface area contributed by atoms with Gasteiger partial charge in [-0.05, 0) is 60.7 Å². The van der Waals surface area contributed by atoms with Gasteiger partial charge in [-0.1, -0.05) is 59.1 Å². The van der Waals surface area contributed by atoms with Crippen molar-refractivity contribution in [3.8, 4) is 11.5 Å². The highest BCUT2D eigenvalue weighted by atomic mass is 35.5. The fourth-order valence-electron chi connectivity index (χ4n) is 8.99. The van der Waals surface area contributed by atoms with Crippen LogP contribution in [-0.4, -0.2) is 54.9 Å². The summed E-state index contributed by atoms with van der Waals surface area (Å²) in [4.78, 5) is 74.5. The number of phenols is 2. The second-order valence-corrected chi connectivity index (χ2v) is 15.0. The van der Waals surface area contributed by atoms with Gasteiger partial charge in [0.1, 0.15) is 11.3 Å². The molecule has 3 heterocycles. The van der Waals surface area contributed by atoms with Gasteiger partial charge in [0.05, 0.1) is 39.4 Å². The number of aromatic nitrogens is 1. The molecule has 1 aromatic heterocycles. The number of phenolic OH excluding ortho intramolecular Hbond substituents is 1. The molecule has 292 valence electrons. The van der Waals surface area contributed by atoms with Gasteiger partial charge in [-0.15, -0.1) is 0 Å². The number of amides is 4. The molecule has 18 heteroatoms. The summed E-state index contributed by atoms with van der Waals surface area (Å²) in [6.45, 7) is 0. The Morgan fingerprint density at radius 2 is 1.65 bits per heavy atom. The highest BCUT2D eigenvalue weighted by Gasteiger charge is 2.71. The minimum Gasteiger partial charge on any atom is -0.507 e. The monoisotopic (exact) mass is 824 g/mol. The zero-order chi connectivity index (χ0) is 40.9. The summed E-state index contributed by atoms with van der Waals surface area (Å²) in [6.07, 6.45) is -3.09. The number of fused-ring (bicyclic) bond motifs is 4. The number of aromatic carboxylic acids is 1. The van der Waals surface area contributed by atoms with E-state index >= 15 is 9.18 Å². The van der Waals surface area contributed by atoms with Gasteiger partial charge in [0.15, 0.2) is 17.4 Å². The van der Waals surface area contributed by atoms with Gasteiger partial charge >= 0.3 is 12.1 Å². The number of nitrogens with one attached hydrogen (secondary N) is 1. The normalized spacial score (nSPS) is 25.6. The lowest BCUT2D eigenvalue weighted by Crippen LogP contribution is -2.53. The Kier molecular flexibility index (Phi) is 8.84. The Bertz CT molecular complexity index is 2480. The van der Waals surface area contributed by atoms with E-state index in [9.17, 15) is 47.7 Å². The van der Waals surface area contributed by atoms with Crippen molar-refractivity contribution in [2.24, 2.45) is 23.7 Å². The summed E-state index contributed by atoms with van der Waals surface area (Å²) in [6, 6.07) is 13.2. The van der Waals surface area contributed by atoms with Crippen LogP contribution in [0.2, 0.25) is 10.0 Å². The average Bonchev–Trinajstić information content (AvgIpc) is 3.54. The van der Waals surface area contributed by atoms with E-state index in [2.05, 4.69) is 10.4 Å². The van der Waals surface area contributed by atoms with Gasteiger partial charge in [0, 0.05) is 28.8 Å². The first kappa shape index (κ1) is 37.9. The van der Waals surface area contributed by atoms with E-state index in [1.165, 1.54) is 42.5 Å². The minimum atomic E-state index is -4.82. The molecular formula is C39H26Cl2F4N4O8. The number of aromatic hydroxyl groups is 2. The number of halogens is 6. The molecule has 2 aliphatic heterocycles. The number of anilines is 2. The standard InChI is InChI=1S/C39H26Cl2F4N4O8/c40-18-6-4-16(5-7-18)38-25(34(53)49(37(38)57)47-32-26(41)12-17(15-46-32)39(43,44)45)14-24-20(30(38)23-2-1-3-27(42)31(23)51)10-11-22-29(24)35(54)48(33(22)52)19-8-9-21(36(55)56)28(50)13-19/h1-10,12-13,15,22,24-25,29-30,50-51H,11,14H2,(H,46,47)(H,55,56)/t22-,24+,25-,29-,30+,38+/m0/s1. The maximum absolute atomic E-state index is 15.3. The third kappa shape index (κ3) is 5.63. The zero-order valence-electron chi connectivity index (χ0n) is 28.8. The molecule has 6 atom stereocenters. The van der Waals surface area contributed by atoms with Gasteiger partial charge in [-0.3, -0.25) is 24.6 Å². The number of nitrogens with zero attached hydrogens (tertiary/aromatic N) is 3. The van der Waals surface area contributed by atoms with Crippen molar-refractivity contribution in [3.05, 3.63) is 123 Å². The number of alkyl halides is 3. The average molecular weight is 826 g/mol. The van der Waals surface area contributed by atoms with Crippen LogP contribution in [0.3, 0.4) is 0 Å². The number of rotatable bonds is 6. The van der Waals surface area contributed by atoms with Crippen molar-refractivity contribution in [2.45, 2.75) is 30.4 Å². The molecule has 0 spiro atoms. The fraction of sp³-hybridized carbons (Fsp3) is 0.231. The molecule has 4 N–H and O–H groups in total. The van der Waals surface area contributed by atoms with Crippen LogP contribution in [0.1, 0.15) is 45.8 Å². The maximum Gasteiger partial charge on any atom is 0.417 e. The molecule has 1 saturated carbocycles. The van der Waals surface area contributed by atoms with Crippen LogP contribution in [0.15, 0.2) is 84.6 Å². The number of benzene rings is 3. The van der Waals surface area contributed by atoms with Crippen molar-refractivity contribution < 1.29 is 56.9 Å². The number of hydrogen-bond donors (Lipinski definition) is 4. The van der Waals surface area contributed by atoms with Crippen molar-refractivity contribution in [1.29, 1.82) is 0 Å². The summed E-state index contributed by atoms with van der Waals surface area (Å²) >= 11 is 12.4. The molecular weight excluding hydrogens is 799 g/mol. The Morgan fingerprint density at radius 1 is 0.930 bits per heavy atom. The van der Waals surface area contributed by atoms with Gasteiger partial charge in [-0.2, -0.15) is 18.2 Å². The van der Waals surface area contributed by atoms with Crippen molar-refractivity contribution in [1.82, 2.24) is 9.99 Å². The van der Waals surface area contributed by atoms with Crippen molar-refractivity contribution in [3.63, 3.8) is 0 Å². The third-order valence-corrected chi connectivity index (χ3v) is 11.9. The number of allylic oxidation sites excluding steroid dienone is 2. The van der Waals surface area contributed by atoms with Gasteiger partial charge in [0.2, 0.25) is 11.8 Å². The number of hydrazine groups is 1. The molecule has 4 amide bonds. The highest BCUT2D eigenvalue weighted by molar-refractivity contribution is 6.33. The predicted octanol–water partition coefficient (Wildman–Crippen LogP) is 6.85. The van der Waals surface area contributed by atoms with E-state index in [-0.39, 0.29) is 34.7 Å². The summed E-state index contributed by atoms with van der Waals surface area (Å²) in [5, 5.41) is 31.4. The molecule has 0 unspecified atom stereocenters. The van der Waals surface area contributed by atoms with Crippen LogP contribution in [0.5, 0.6) is 11.5 Å². The van der Waals surface area contributed by atoms with Crippen LogP contribution in [0, 0.1) is 29.5 Å². The van der Waals surface area contributed by atoms with E-state index in [1.54, 1.807) is 6.08 Å². The Hall–Kier alpha value is -6.00. The van der Waals surface area contributed by atoms with Crippen LogP contribution >= 0.6 is 23.2 Å². The Morgan fingerprint density at radius 3 is 2.30 bits per heavy atom. The van der Waals surface area contributed by atoms with E-state index in [0.29, 0.717) is 22.8 Å². The first-order chi connectivity index (χ1) is 27.0. The number of carboxylic acids is 1. The number of carbonyl (C=O) groups is 5. The van der Waals surface area contributed by atoms with E-state index < -0.39 is 110 Å². The smallest absolute Gasteiger partial charge is 0.417 e. The van der Waals surface area contributed by atoms with Gasteiger partial charge in [0.25, 0.3) is 11.8 Å². The quantitative estimate of drug-likeness (QED) is 0.0914. The molecule has 12 nitrogen and oxygen atoms in total. The zero-order valence-corrected chi connectivity index (χ0v) is 30.3. The second-order valence-electron chi connectivity index (χ2n) is 14.1. The number of carbonyl (C=O) groups excluding carboxylic acids is 4. The minimum absolute atomic E-state index is 0.0834. The van der Waals surface area contributed by atoms with Crippen LogP contribution in [0.25, 0.3) is 0 Å². The molecule has 2 saturated heterocycles. The molecule has 8 rings (SSSR count). The molecule has 4 aliphatic rings. The van der Waals surface area contributed by atoms with E-state index in [1.807, 2.05) is 0 Å². The Balaban J connectivity index is 1.30. The van der Waals surface area contributed by atoms with Crippen LogP contribution in [0.4, 0.5) is 29.1 Å². The molecule has 2 aliphatic carbocycles. The fourth-order valence-corrected chi connectivity index (χ4v) is 9.32. The van der Waals surface area contributed by atoms with Gasteiger partial charge in [-0.25, -0.2) is 19.1 Å². The first-order valence-electron chi connectivity index (χ1n) is 17.2. The van der Waals surface area contributed by atoms with E-state index in [0.717, 1.165) is 23.1 Å². The highest BCUT2D eigenvalue weighted by Crippen LogP contribution is 2.65. The second kappa shape index (κ2) is 13.3. The number of para-hydroxylation sites is 1. The lowest BCUT2D eigenvalue weighted by atomic mass is 9.49. The summed E-state index contributed by atoms with van der Waals surface area (Å²) in [5.74, 6) is -13.9. The van der Waals surface area contributed by atoms with Crippen molar-refractivity contribution in [2.75, 3.05) is 10.3 Å². The van der Waals surface area contributed by atoms with Gasteiger partial charge < -0.3 is 15.3 Å². The summed E-state index contributed by atoms with van der Waals surface area (Å²) < 4.78 is 55.7. The Labute approximate surface area is 328 Å². The van der Waals surface area contributed by atoms with Crippen molar-refractivity contribution >= 4 is 64.3 Å². The number of hydrogen-bond acceptors (Lipinski definition) is 9. The van der Waals surface area contributed by atoms with Crippen LogP contribution in [-0.2, 0) is 30.8 Å². The molecule has 3 fully saturated rings. The lowest BCUT2D eigenvalue weighted by Gasteiger charge is -2.50. The molecule has 3 aromatic carbocycles. The summed E-state index contributed by atoms with van der Waals surface area (Å²) in [5.41, 5.74) is -0.963. The number of carboxylic acid groups (broad SMARTS) is 1. The maximum atomic E-state index is 15.3. The number of pyridine rings is 1. The summed E-state index contributed by atoms with van der Waals surface area (Å²) in [7, 11) is 0. The molecule has 0 radical (unpaired) electrons. The first-order valence-corrected chi connectivity index (χ1v) is 18.0. The third-order valence-electron chi connectivity index (χ3n) is 11.4. The lowest BCUT2D eigenvalue weighted by molar-refractivity contribution is -0.139. The molecule has 4 aromatic rings. The largest absolute Gasteiger partial charge is 0.507 e. The molecule has 0 bridgehead atoms.